The second-order valence-corrected chi connectivity index (χ2v) is 8.84. The van der Waals surface area contributed by atoms with Gasteiger partial charge in [0.25, 0.3) is 0 Å². The maximum Gasteiger partial charge on any atom is 0.138 e. The minimum Gasteiger partial charge on any atom is -0.497 e. The molecule has 0 radical (unpaired) electrons. The van der Waals surface area contributed by atoms with Crippen molar-refractivity contribution in [3.63, 3.8) is 0 Å². The van der Waals surface area contributed by atoms with Crippen molar-refractivity contribution in [2.45, 2.75) is 25.7 Å². The van der Waals surface area contributed by atoms with E-state index in [2.05, 4.69) is 17.0 Å². The number of nitrogens with zero attached hydrogens (tertiary/aromatic N) is 1. The highest BCUT2D eigenvalue weighted by atomic mass is 19.1. The van der Waals surface area contributed by atoms with Crippen LogP contribution in [0.4, 0.5) is 4.39 Å². The zero-order valence-electron chi connectivity index (χ0n) is 19.6. The van der Waals surface area contributed by atoms with E-state index < -0.39 is 0 Å². The van der Waals surface area contributed by atoms with Crippen molar-refractivity contribution >= 4 is 11.0 Å². The molecular weight excluding hydrogens is 429 g/mol. The first-order chi connectivity index (χ1) is 16.7. The molecule has 0 N–H and O–H groups in total. The number of ether oxygens (including phenoxy) is 2. The number of benzene rings is 3. The van der Waals surface area contributed by atoms with Gasteiger partial charge in [0.2, 0.25) is 0 Å². The lowest BCUT2D eigenvalue weighted by atomic mass is 9.98. The molecule has 176 valence electrons. The number of furan rings is 1. The van der Waals surface area contributed by atoms with E-state index in [9.17, 15) is 4.39 Å². The maximum absolute atomic E-state index is 13.4. The number of hydrogen-bond acceptors (Lipinski definition) is 4. The van der Waals surface area contributed by atoms with E-state index in [4.69, 9.17) is 13.9 Å². The molecule has 5 rings (SSSR count). The molecule has 0 unspecified atom stereocenters. The van der Waals surface area contributed by atoms with Crippen LogP contribution in [-0.2, 0) is 6.42 Å². The van der Waals surface area contributed by atoms with Crippen molar-refractivity contribution in [3.05, 3.63) is 83.9 Å². The normalized spacial score (nSPS) is 14.4. The van der Waals surface area contributed by atoms with Crippen LogP contribution in [-0.4, -0.2) is 38.3 Å². The summed E-state index contributed by atoms with van der Waals surface area (Å²) < 4.78 is 31.1. The molecule has 1 saturated heterocycles. The molecule has 1 aliphatic rings. The topological polar surface area (TPSA) is 34.8 Å². The van der Waals surface area contributed by atoms with Gasteiger partial charge in [0.15, 0.2) is 0 Å². The lowest BCUT2D eigenvalue weighted by Gasteiger charge is -2.26. The van der Waals surface area contributed by atoms with Crippen LogP contribution < -0.4 is 9.47 Å². The van der Waals surface area contributed by atoms with Gasteiger partial charge in [-0.3, -0.25) is 4.90 Å². The molecule has 0 spiro atoms. The summed E-state index contributed by atoms with van der Waals surface area (Å²) in [6.45, 7) is 4.02. The van der Waals surface area contributed by atoms with Crippen molar-refractivity contribution in [3.8, 4) is 22.6 Å². The Morgan fingerprint density at radius 2 is 1.62 bits per heavy atom. The predicted octanol–water partition coefficient (Wildman–Crippen LogP) is 6.70. The summed E-state index contributed by atoms with van der Waals surface area (Å²) in [5.41, 5.74) is 3.87. The first-order valence-corrected chi connectivity index (χ1v) is 12.0. The number of halogens is 1. The van der Waals surface area contributed by atoms with Crippen LogP contribution in [0.1, 0.15) is 30.6 Å². The van der Waals surface area contributed by atoms with E-state index in [1.54, 1.807) is 19.2 Å². The van der Waals surface area contributed by atoms with Crippen molar-refractivity contribution in [1.29, 1.82) is 0 Å². The molecule has 0 bridgehead atoms. The predicted molar refractivity (Wildman–Crippen MR) is 133 cm³/mol. The largest absolute Gasteiger partial charge is 0.497 e. The van der Waals surface area contributed by atoms with E-state index in [0.29, 0.717) is 13.0 Å². The van der Waals surface area contributed by atoms with E-state index in [0.717, 1.165) is 51.5 Å². The van der Waals surface area contributed by atoms with Crippen LogP contribution in [0.3, 0.4) is 0 Å². The zero-order valence-corrected chi connectivity index (χ0v) is 19.6. The molecule has 0 amide bonds. The van der Waals surface area contributed by atoms with Gasteiger partial charge in [0.05, 0.1) is 7.11 Å². The summed E-state index contributed by atoms with van der Waals surface area (Å²) in [5, 5.41) is 1.02. The van der Waals surface area contributed by atoms with Gasteiger partial charge < -0.3 is 13.9 Å². The quantitative estimate of drug-likeness (QED) is 0.294. The molecule has 1 aliphatic heterocycles. The van der Waals surface area contributed by atoms with E-state index in [-0.39, 0.29) is 5.82 Å². The lowest BCUT2D eigenvalue weighted by Crippen LogP contribution is -2.33. The molecule has 5 heteroatoms. The third-order valence-corrected chi connectivity index (χ3v) is 6.52. The van der Waals surface area contributed by atoms with Crippen LogP contribution in [0.25, 0.3) is 22.1 Å². The Morgan fingerprint density at radius 1 is 0.882 bits per heavy atom. The van der Waals surface area contributed by atoms with Crippen LogP contribution in [0.5, 0.6) is 11.5 Å². The summed E-state index contributed by atoms with van der Waals surface area (Å²) in [7, 11) is 1.65. The minimum atomic E-state index is -0.241. The first kappa shape index (κ1) is 22.5. The average molecular weight is 460 g/mol. The van der Waals surface area contributed by atoms with Gasteiger partial charge >= 0.3 is 0 Å². The molecule has 0 aliphatic carbocycles. The number of likely N-dealkylation sites (tertiary alicyclic amines) is 1. The second kappa shape index (κ2) is 10.3. The van der Waals surface area contributed by atoms with Gasteiger partial charge in [-0.05, 0) is 73.5 Å². The van der Waals surface area contributed by atoms with Gasteiger partial charge in [-0.2, -0.15) is 0 Å². The molecule has 1 fully saturated rings. The summed E-state index contributed by atoms with van der Waals surface area (Å²) in [4.78, 5) is 2.48. The molecule has 1 aromatic heterocycles. The molecule has 0 atom stereocenters. The third kappa shape index (κ3) is 5.10. The number of methoxy groups -OCH3 is 1. The smallest absolute Gasteiger partial charge is 0.138 e. The number of hydrogen-bond donors (Lipinski definition) is 0. The Bertz CT molecular complexity index is 1220. The highest BCUT2D eigenvalue weighted by Crippen LogP contribution is 2.38. The van der Waals surface area contributed by atoms with Crippen LogP contribution >= 0.6 is 0 Å². The molecule has 4 aromatic rings. The fourth-order valence-corrected chi connectivity index (χ4v) is 4.68. The standard InChI is InChI=1S/C29H30FNO3/c1-32-25-13-14-26-27(20-25)34-28(19-21-5-9-23(30)10-6-21)29(26)22-7-11-24(12-8-22)33-18-17-31-15-3-2-4-16-31/h5-14,20H,2-4,15-19H2,1H3. The fourth-order valence-electron chi connectivity index (χ4n) is 4.68. The Morgan fingerprint density at radius 3 is 2.35 bits per heavy atom. The Balaban J connectivity index is 1.39. The molecule has 4 nitrogen and oxygen atoms in total. The lowest BCUT2D eigenvalue weighted by molar-refractivity contribution is 0.183. The van der Waals surface area contributed by atoms with Gasteiger partial charge in [-0.1, -0.05) is 30.7 Å². The van der Waals surface area contributed by atoms with E-state index >= 15 is 0 Å². The first-order valence-electron chi connectivity index (χ1n) is 12.0. The summed E-state index contributed by atoms with van der Waals surface area (Å²) in [6, 6.07) is 20.7. The number of fused-ring (bicyclic) bond motifs is 1. The summed E-state index contributed by atoms with van der Waals surface area (Å²) in [6.07, 6.45) is 4.50. The highest BCUT2D eigenvalue weighted by molar-refractivity contribution is 5.96. The average Bonchev–Trinajstić information content (AvgIpc) is 3.23. The number of rotatable bonds is 8. The highest BCUT2D eigenvalue weighted by Gasteiger charge is 2.18. The fraction of sp³-hybridized carbons (Fsp3) is 0.310. The minimum absolute atomic E-state index is 0.241. The van der Waals surface area contributed by atoms with Crippen molar-refractivity contribution in [1.82, 2.24) is 4.90 Å². The van der Waals surface area contributed by atoms with Gasteiger partial charge in [-0.25, -0.2) is 4.39 Å². The molecule has 34 heavy (non-hydrogen) atoms. The maximum atomic E-state index is 13.4. The van der Waals surface area contributed by atoms with Crippen molar-refractivity contribution in [2.75, 3.05) is 33.4 Å². The summed E-state index contributed by atoms with van der Waals surface area (Å²) >= 11 is 0. The number of piperidine rings is 1. The van der Waals surface area contributed by atoms with Gasteiger partial charge in [0, 0.05) is 30.0 Å². The molecular formula is C29H30FNO3. The third-order valence-electron chi connectivity index (χ3n) is 6.52. The van der Waals surface area contributed by atoms with Gasteiger partial charge in [-0.15, -0.1) is 0 Å². The SMILES string of the molecule is COc1ccc2c(-c3ccc(OCCN4CCCCC4)cc3)c(Cc3ccc(F)cc3)oc2c1. The van der Waals surface area contributed by atoms with E-state index in [1.165, 1.54) is 44.5 Å². The monoisotopic (exact) mass is 459 g/mol. The Hall–Kier alpha value is -3.31. The summed E-state index contributed by atoms with van der Waals surface area (Å²) in [5.74, 6) is 2.22. The van der Waals surface area contributed by atoms with Crippen LogP contribution in [0.15, 0.2) is 71.1 Å². The molecule has 2 heterocycles. The Labute approximate surface area is 199 Å². The van der Waals surface area contributed by atoms with Crippen molar-refractivity contribution < 1.29 is 18.3 Å². The second-order valence-electron chi connectivity index (χ2n) is 8.84. The van der Waals surface area contributed by atoms with Crippen LogP contribution in [0, 0.1) is 5.82 Å². The molecule has 3 aromatic carbocycles. The molecule has 0 saturated carbocycles. The van der Waals surface area contributed by atoms with Crippen LogP contribution in [0.2, 0.25) is 0 Å². The van der Waals surface area contributed by atoms with Gasteiger partial charge in [0.1, 0.15) is 35.3 Å². The zero-order chi connectivity index (χ0) is 23.3. The van der Waals surface area contributed by atoms with E-state index in [1.807, 2.05) is 30.3 Å². The van der Waals surface area contributed by atoms with Crippen molar-refractivity contribution in [2.24, 2.45) is 0 Å². The Kier molecular flexibility index (Phi) is 6.82.